The van der Waals surface area contributed by atoms with E-state index in [9.17, 15) is 9.50 Å². The molecule has 1 aliphatic carbocycles. The van der Waals surface area contributed by atoms with Crippen LogP contribution in [-0.2, 0) is 0 Å². The van der Waals surface area contributed by atoms with Crippen molar-refractivity contribution in [2.75, 3.05) is 0 Å². The molecule has 1 saturated carbocycles. The minimum absolute atomic E-state index is 0.0603. The van der Waals surface area contributed by atoms with Gasteiger partial charge >= 0.3 is 0 Å². The van der Waals surface area contributed by atoms with E-state index in [-0.39, 0.29) is 22.6 Å². The Morgan fingerprint density at radius 2 is 2.11 bits per heavy atom. The summed E-state index contributed by atoms with van der Waals surface area (Å²) < 4.78 is 20.0. The van der Waals surface area contributed by atoms with Crippen LogP contribution in [-0.4, -0.2) is 17.3 Å². The molecule has 0 aromatic heterocycles. The molecule has 0 amide bonds. The standard InChI is InChI=1S/C14H17BrClFO2/c1-3-14(4-2)12(18)7-13(14)19-11-6-10(17)9(16)5-8(11)15/h5-6,12-13,18H,3-4,7H2,1-2H3. The van der Waals surface area contributed by atoms with E-state index < -0.39 is 5.82 Å². The van der Waals surface area contributed by atoms with Gasteiger partial charge in [-0.3, -0.25) is 0 Å². The lowest BCUT2D eigenvalue weighted by Gasteiger charge is -2.52. The molecule has 1 fully saturated rings. The molecule has 106 valence electrons. The molecule has 0 radical (unpaired) electrons. The van der Waals surface area contributed by atoms with E-state index in [2.05, 4.69) is 15.9 Å². The second-order valence-electron chi connectivity index (χ2n) is 5.00. The molecule has 2 unspecified atom stereocenters. The highest BCUT2D eigenvalue weighted by molar-refractivity contribution is 9.10. The predicted octanol–water partition coefficient (Wildman–Crippen LogP) is 4.56. The average Bonchev–Trinajstić information content (AvgIpc) is 2.36. The molecule has 5 heteroatoms. The fourth-order valence-corrected chi connectivity index (χ4v) is 3.55. The van der Waals surface area contributed by atoms with Crippen LogP contribution in [0.4, 0.5) is 4.39 Å². The molecular formula is C14H17BrClFO2. The summed E-state index contributed by atoms with van der Waals surface area (Å²) in [5, 5.41) is 10.0. The summed E-state index contributed by atoms with van der Waals surface area (Å²) >= 11 is 9.02. The Morgan fingerprint density at radius 3 is 2.63 bits per heavy atom. The van der Waals surface area contributed by atoms with Crippen LogP contribution < -0.4 is 4.74 Å². The summed E-state index contributed by atoms with van der Waals surface area (Å²) in [6, 6.07) is 2.77. The average molecular weight is 352 g/mol. The summed E-state index contributed by atoms with van der Waals surface area (Å²) in [7, 11) is 0. The number of halogens is 3. The molecule has 0 spiro atoms. The SMILES string of the molecule is CCC1(CC)C(O)CC1Oc1cc(F)c(Cl)cc1Br. The highest BCUT2D eigenvalue weighted by atomic mass is 79.9. The Balaban J connectivity index is 2.21. The van der Waals surface area contributed by atoms with Crippen LogP contribution in [0.2, 0.25) is 5.02 Å². The van der Waals surface area contributed by atoms with Gasteiger partial charge in [0, 0.05) is 17.9 Å². The van der Waals surface area contributed by atoms with Crippen molar-refractivity contribution < 1.29 is 14.2 Å². The molecule has 0 heterocycles. The van der Waals surface area contributed by atoms with Gasteiger partial charge in [-0.05, 0) is 34.8 Å². The quantitative estimate of drug-likeness (QED) is 0.806. The summed E-state index contributed by atoms with van der Waals surface area (Å²) in [6.07, 6.45) is 1.82. The fraction of sp³-hybridized carbons (Fsp3) is 0.571. The Hall–Kier alpha value is -0.320. The lowest BCUT2D eigenvalue weighted by atomic mass is 9.60. The second kappa shape index (κ2) is 5.58. The van der Waals surface area contributed by atoms with Crippen LogP contribution in [0.3, 0.4) is 0 Å². The van der Waals surface area contributed by atoms with Gasteiger partial charge in [-0.1, -0.05) is 25.4 Å². The van der Waals surface area contributed by atoms with Crippen molar-refractivity contribution in [1.82, 2.24) is 0 Å². The highest BCUT2D eigenvalue weighted by Crippen LogP contribution is 2.49. The predicted molar refractivity (Wildman–Crippen MR) is 77.2 cm³/mol. The van der Waals surface area contributed by atoms with Crippen molar-refractivity contribution in [2.24, 2.45) is 5.41 Å². The number of aliphatic hydroxyl groups excluding tert-OH is 1. The zero-order chi connectivity index (χ0) is 14.2. The van der Waals surface area contributed by atoms with Gasteiger partial charge in [-0.15, -0.1) is 0 Å². The lowest BCUT2D eigenvalue weighted by molar-refractivity contribution is -0.159. The van der Waals surface area contributed by atoms with Gasteiger partial charge < -0.3 is 9.84 Å². The van der Waals surface area contributed by atoms with Gasteiger partial charge in [0.25, 0.3) is 0 Å². The first-order valence-corrected chi connectivity index (χ1v) is 7.61. The second-order valence-corrected chi connectivity index (χ2v) is 6.26. The maximum Gasteiger partial charge on any atom is 0.145 e. The molecule has 1 aliphatic rings. The number of benzene rings is 1. The third-order valence-corrected chi connectivity index (χ3v) is 5.21. The van der Waals surface area contributed by atoms with Crippen LogP contribution in [0.25, 0.3) is 0 Å². The fourth-order valence-electron chi connectivity index (χ4n) is 2.82. The molecular weight excluding hydrogens is 335 g/mol. The van der Waals surface area contributed by atoms with E-state index in [0.717, 1.165) is 12.8 Å². The van der Waals surface area contributed by atoms with E-state index in [1.165, 1.54) is 12.1 Å². The largest absolute Gasteiger partial charge is 0.488 e. The number of hydrogen-bond donors (Lipinski definition) is 1. The Morgan fingerprint density at radius 1 is 1.47 bits per heavy atom. The number of aliphatic hydroxyl groups is 1. The van der Waals surface area contributed by atoms with Crippen LogP contribution in [0.1, 0.15) is 33.1 Å². The van der Waals surface area contributed by atoms with Gasteiger partial charge in [0.15, 0.2) is 0 Å². The molecule has 2 atom stereocenters. The smallest absolute Gasteiger partial charge is 0.145 e. The third kappa shape index (κ3) is 2.50. The number of hydrogen-bond acceptors (Lipinski definition) is 2. The minimum atomic E-state index is -0.502. The van der Waals surface area contributed by atoms with Crippen molar-refractivity contribution in [3.8, 4) is 5.75 Å². The molecule has 19 heavy (non-hydrogen) atoms. The summed E-state index contributed by atoms with van der Waals surface area (Å²) in [5.74, 6) is -0.0663. The Kier molecular flexibility index (Phi) is 4.43. The van der Waals surface area contributed by atoms with Crippen LogP contribution in [0, 0.1) is 11.2 Å². The molecule has 1 N–H and O–H groups in total. The molecule has 2 rings (SSSR count). The third-order valence-electron chi connectivity index (χ3n) is 4.30. The van der Waals surface area contributed by atoms with Gasteiger partial charge in [-0.2, -0.15) is 0 Å². The minimum Gasteiger partial charge on any atom is -0.488 e. The molecule has 0 aliphatic heterocycles. The maximum atomic E-state index is 13.5. The van der Waals surface area contributed by atoms with Crippen LogP contribution >= 0.6 is 27.5 Å². The van der Waals surface area contributed by atoms with E-state index >= 15 is 0 Å². The van der Waals surface area contributed by atoms with E-state index in [1.54, 1.807) is 0 Å². The molecule has 2 nitrogen and oxygen atoms in total. The molecule has 1 aromatic carbocycles. The summed E-state index contributed by atoms with van der Waals surface area (Å²) in [5.41, 5.74) is -0.227. The van der Waals surface area contributed by atoms with Crippen LogP contribution in [0.5, 0.6) is 5.75 Å². The number of ether oxygens (including phenoxy) is 1. The van der Waals surface area contributed by atoms with Crippen molar-refractivity contribution >= 4 is 27.5 Å². The lowest BCUT2D eigenvalue weighted by Crippen LogP contribution is -2.59. The Labute approximate surface area is 126 Å². The monoisotopic (exact) mass is 350 g/mol. The maximum absolute atomic E-state index is 13.5. The van der Waals surface area contributed by atoms with Crippen molar-refractivity contribution in [1.29, 1.82) is 0 Å². The first kappa shape index (κ1) is 15.1. The highest BCUT2D eigenvalue weighted by Gasteiger charge is 2.53. The Bertz CT molecular complexity index is 477. The molecule has 0 saturated heterocycles. The van der Waals surface area contributed by atoms with E-state index in [4.69, 9.17) is 16.3 Å². The molecule has 0 bridgehead atoms. The zero-order valence-corrected chi connectivity index (χ0v) is 13.3. The van der Waals surface area contributed by atoms with Gasteiger partial charge in [0.1, 0.15) is 17.7 Å². The first-order chi connectivity index (χ1) is 8.94. The van der Waals surface area contributed by atoms with Gasteiger partial charge in [-0.25, -0.2) is 4.39 Å². The van der Waals surface area contributed by atoms with E-state index in [1.807, 2.05) is 13.8 Å². The van der Waals surface area contributed by atoms with Crippen molar-refractivity contribution in [3.63, 3.8) is 0 Å². The first-order valence-electron chi connectivity index (χ1n) is 6.43. The normalized spacial score (nSPS) is 24.9. The zero-order valence-electron chi connectivity index (χ0n) is 10.9. The summed E-state index contributed by atoms with van der Waals surface area (Å²) in [4.78, 5) is 0. The van der Waals surface area contributed by atoms with Crippen molar-refractivity contribution in [3.05, 3.63) is 27.4 Å². The molecule has 1 aromatic rings. The topological polar surface area (TPSA) is 29.5 Å². The van der Waals surface area contributed by atoms with Gasteiger partial charge in [0.05, 0.1) is 15.6 Å². The van der Waals surface area contributed by atoms with Crippen molar-refractivity contribution in [2.45, 2.75) is 45.3 Å². The number of rotatable bonds is 4. The van der Waals surface area contributed by atoms with Gasteiger partial charge in [0.2, 0.25) is 0 Å². The summed E-state index contributed by atoms with van der Waals surface area (Å²) in [6.45, 7) is 4.08. The van der Waals surface area contributed by atoms with Crippen LogP contribution in [0.15, 0.2) is 16.6 Å². The van der Waals surface area contributed by atoms with E-state index in [0.29, 0.717) is 16.6 Å².